The first kappa shape index (κ1) is 23.6. The summed E-state index contributed by atoms with van der Waals surface area (Å²) >= 11 is 0. The van der Waals surface area contributed by atoms with E-state index in [2.05, 4.69) is 32.0 Å². The van der Waals surface area contributed by atoms with Gasteiger partial charge in [-0.15, -0.1) is 0 Å². The number of aromatic nitrogens is 1. The number of aryl methyl sites for hydroxylation is 4. The molecule has 0 spiro atoms. The summed E-state index contributed by atoms with van der Waals surface area (Å²) in [5.41, 5.74) is 5.55. The van der Waals surface area contributed by atoms with Crippen molar-refractivity contribution >= 4 is 5.97 Å². The number of hydrogen-bond acceptors (Lipinski definition) is 5. The van der Waals surface area contributed by atoms with E-state index in [1.165, 1.54) is 16.7 Å². The molecular formula is C27H33NO4. The zero-order valence-corrected chi connectivity index (χ0v) is 19.6. The molecular weight excluding hydrogens is 402 g/mol. The molecule has 0 aliphatic rings. The highest BCUT2D eigenvalue weighted by molar-refractivity contribution is 5.69. The van der Waals surface area contributed by atoms with E-state index in [0.29, 0.717) is 38.4 Å². The molecule has 0 aliphatic heterocycles. The maximum Gasteiger partial charge on any atom is 0.306 e. The lowest BCUT2D eigenvalue weighted by Crippen LogP contribution is -2.07. The SMILES string of the molecule is CCOC(=O)CCc1ccc(OCCc2nc(-c3cccc(CC)c3)oc2C)cc1CC. The normalized spacial score (nSPS) is 10.9. The fourth-order valence-electron chi connectivity index (χ4n) is 3.71. The third-order valence-corrected chi connectivity index (χ3v) is 5.54. The summed E-state index contributed by atoms with van der Waals surface area (Å²) in [5.74, 6) is 2.17. The van der Waals surface area contributed by atoms with Crippen LogP contribution in [0.25, 0.3) is 11.5 Å². The summed E-state index contributed by atoms with van der Waals surface area (Å²) in [4.78, 5) is 16.4. The standard InChI is InChI=1S/C27H33NO4/c1-5-20-9-8-10-23(17-20)27-28-25(19(4)32-27)15-16-31-24-13-11-22(21(6-2)18-24)12-14-26(29)30-7-3/h8-11,13,17-18H,5-7,12,14-16H2,1-4H3. The molecule has 3 rings (SSSR count). The molecule has 2 aromatic carbocycles. The van der Waals surface area contributed by atoms with Crippen LogP contribution in [0.2, 0.25) is 0 Å². The van der Waals surface area contributed by atoms with E-state index >= 15 is 0 Å². The largest absolute Gasteiger partial charge is 0.493 e. The number of esters is 1. The highest BCUT2D eigenvalue weighted by Crippen LogP contribution is 2.24. The van der Waals surface area contributed by atoms with Crippen molar-refractivity contribution in [2.75, 3.05) is 13.2 Å². The first-order valence-corrected chi connectivity index (χ1v) is 11.5. The highest BCUT2D eigenvalue weighted by Gasteiger charge is 2.12. The zero-order chi connectivity index (χ0) is 22.9. The Bertz CT molecular complexity index is 1040. The number of hydrogen-bond donors (Lipinski definition) is 0. The smallest absolute Gasteiger partial charge is 0.306 e. The Morgan fingerprint density at radius 1 is 1.00 bits per heavy atom. The van der Waals surface area contributed by atoms with E-state index in [1.807, 2.05) is 38.1 Å². The molecule has 1 heterocycles. The van der Waals surface area contributed by atoms with Gasteiger partial charge in [0.2, 0.25) is 5.89 Å². The summed E-state index contributed by atoms with van der Waals surface area (Å²) in [7, 11) is 0. The van der Waals surface area contributed by atoms with Gasteiger partial charge in [-0.2, -0.15) is 0 Å². The predicted molar refractivity (Wildman–Crippen MR) is 126 cm³/mol. The topological polar surface area (TPSA) is 61.6 Å². The molecule has 32 heavy (non-hydrogen) atoms. The van der Waals surface area contributed by atoms with Gasteiger partial charge in [-0.25, -0.2) is 4.98 Å². The van der Waals surface area contributed by atoms with Crippen LogP contribution in [-0.2, 0) is 35.2 Å². The lowest BCUT2D eigenvalue weighted by atomic mass is 10.0. The van der Waals surface area contributed by atoms with Gasteiger partial charge >= 0.3 is 5.97 Å². The molecule has 0 saturated carbocycles. The molecule has 0 amide bonds. The molecule has 0 atom stereocenters. The lowest BCUT2D eigenvalue weighted by Gasteiger charge is -2.11. The monoisotopic (exact) mass is 435 g/mol. The summed E-state index contributed by atoms with van der Waals surface area (Å²) in [6, 6.07) is 14.4. The lowest BCUT2D eigenvalue weighted by molar-refractivity contribution is -0.143. The van der Waals surface area contributed by atoms with Crippen LogP contribution in [0, 0.1) is 6.92 Å². The first-order chi connectivity index (χ1) is 15.5. The molecule has 0 bridgehead atoms. The molecule has 1 aromatic heterocycles. The average molecular weight is 436 g/mol. The second kappa shape index (κ2) is 11.5. The summed E-state index contributed by atoms with van der Waals surface area (Å²) in [6.45, 7) is 8.97. The van der Waals surface area contributed by atoms with Crippen molar-refractivity contribution in [1.82, 2.24) is 4.98 Å². The molecule has 0 saturated heterocycles. The second-order valence-electron chi connectivity index (χ2n) is 7.76. The Morgan fingerprint density at radius 2 is 1.84 bits per heavy atom. The molecule has 0 radical (unpaired) electrons. The first-order valence-electron chi connectivity index (χ1n) is 11.5. The van der Waals surface area contributed by atoms with Gasteiger partial charge in [0.15, 0.2) is 0 Å². The van der Waals surface area contributed by atoms with Crippen molar-refractivity contribution in [2.45, 2.75) is 59.8 Å². The third-order valence-electron chi connectivity index (χ3n) is 5.54. The van der Waals surface area contributed by atoms with Crippen molar-refractivity contribution in [2.24, 2.45) is 0 Å². The van der Waals surface area contributed by atoms with Gasteiger partial charge in [-0.05, 0) is 74.1 Å². The van der Waals surface area contributed by atoms with Crippen LogP contribution in [0.15, 0.2) is 46.9 Å². The number of ether oxygens (including phenoxy) is 2. The van der Waals surface area contributed by atoms with E-state index < -0.39 is 0 Å². The molecule has 0 unspecified atom stereocenters. The van der Waals surface area contributed by atoms with Gasteiger partial charge in [0.05, 0.1) is 18.9 Å². The molecule has 0 fully saturated rings. The van der Waals surface area contributed by atoms with Crippen LogP contribution in [-0.4, -0.2) is 24.2 Å². The van der Waals surface area contributed by atoms with Crippen LogP contribution in [0.3, 0.4) is 0 Å². The molecule has 0 N–H and O–H groups in total. The van der Waals surface area contributed by atoms with Crippen LogP contribution in [0.4, 0.5) is 0 Å². The zero-order valence-electron chi connectivity index (χ0n) is 19.6. The minimum Gasteiger partial charge on any atom is -0.493 e. The van der Waals surface area contributed by atoms with Gasteiger partial charge in [0.1, 0.15) is 11.5 Å². The Labute approximate surface area is 190 Å². The number of carbonyl (C=O) groups excluding carboxylic acids is 1. The fourth-order valence-corrected chi connectivity index (χ4v) is 3.71. The predicted octanol–water partition coefficient (Wildman–Crippen LogP) is 5.89. The molecule has 170 valence electrons. The minimum atomic E-state index is -0.154. The maximum absolute atomic E-state index is 11.7. The van der Waals surface area contributed by atoms with E-state index in [1.54, 1.807) is 0 Å². The van der Waals surface area contributed by atoms with Crippen LogP contribution in [0.1, 0.15) is 55.3 Å². The van der Waals surface area contributed by atoms with Crippen molar-refractivity contribution in [3.63, 3.8) is 0 Å². The molecule has 5 nitrogen and oxygen atoms in total. The Balaban J connectivity index is 1.59. The van der Waals surface area contributed by atoms with Gasteiger partial charge in [-0.1, -0.05) is 32.0 Å². The maximum atomic E-state index is 11.7. The van der Waals surface area contributed by atoms with Crippen LogP contribution >= 0.6 is 0 Å². The second-order valence-corrected chi connectivity index (χ2v) is 7.76. The third kappa shape index (κ3) is 6.22. The van der Waals surface area contributed by atoms with Gasteiger partial charge in [-0.3, -0.25) is 4.79 Å². The van der Waals surface area contributed by atoms with E-state index in [4.69, 9.17) is 18.9 Å². The summed E-state index contributed by atoms with van der Waals surface area (Å²) in [5, 5.41) is 0. The van der Waals surface area contributed by atoms with Crippen molar-refractivity contribution in [1.29, 1.82) is 0 Å². The van der Waals surface area contributed by atoms with Crippen molar-refractivity contribution in [3.05, 3.63) is 70.6 Å². The molecule has 0 aliphatic carbocycles. The van der Waals surface area contributed by atoms with Crippen molar-refractivity contribution < 1.29 is 18.7 Å². The van der Waals surface area contributed by atoms with E-state index in [0.717, 1.165) is 35.6 Å². The summed E-state index contributed by atoms with van der Waals surface area (Å²) in [6.07, 6.45) is 3.63. The quantitative estimate of drug-likeness (QED) is 0.351. The van der Waals surface area contributed by atoms with Crippen molar-refractivity contribution in [3.8, 4) is 17.2 Å². The molecule has 5 heteroatoms. The highest BCUT2D eigenvalue weighted by atomic mass is 16.5. The Hall–Kier alpha value is -3.08. The Kier molecular flexibility index (Phi) is 8.48. The number of carbonyl (C=O) groups is 1. The number of nitrogens with zero attached hydrogens (tertiary/aromatic N) is 1. The number of oxazole rings is 1. The Morgan fingerprint density at radius 3 is 2.59 bits per heavy atom. The minimum absolute atomic E-state index is 0.154. The van der Waals surface area contributed by atoms with E-state index in [-0.39, 0.29) is 5.97 Å². The van der Waals surface area contributed by atoms with Gasteiger partial charge in [0, 0.05) is 18.4 Å². The van der Waals surface area contributed by atoms with Gasteiger partial charge in [0.25, 0.3) is 0 Å². The number of rotatable bonds is 11. The molecule has 3 aromatic rings. The summed E-state index contributed by atoms with van der Waals surface area (Å²) < 4.78 is 16.9. The van der Waals surface area contributed by atoms with Gasteiger partial charge < -0.3 is 13.9 Å². The average Bonchev–Trinajstić information content (AvgIpc) is 3.18. The number of benzene rings is 2. The fraction of sp³-hybridized carbons (Fsp3) is 0.407. The van der Waals surface area contributed by atoms with E-state index in [9.17, 15) is 4.79 Å². The van der Waals surface area contributed by atoms with Crippen LogP contribution < -0.4 is 4.74 Å². The van der Waals surface area contributed by atoms with Crippen LogP contribution in [0.5, 0.6) is 5.75 Å².